The van der Waals surface area contributed by atoms with Crippen molar-refractivity contribution < 1.29 is 9.53 Å². The van der Waals surface area contributed by atoms with Gasteiger partial charge in [0.15, 0.2) is 0 Å². The predicted molar refractivity (Wildman–Crippen MR) is 68.6 cm³/mol. The van der Waals surface area contributed by atoms with E-state index in [2.05, 4.69) is 6.58 Å². The third kappa shape index (κ3) is 2.91. The van der Waals surface area contributed by atoms with Crippen molar-refractivity contribution in [2.24, 2.45) is 11.8 Å². The molecule has 0 aromatic carbocycles. The number of carbonyl (C=O) groups excluding carboxylic acids is 1. The minimum atomic E-state index is -0.163. The molecule has 2 rings (SSSR count). The number of ether oxygens (including phenoxy) is 1. The lowest BCUT2D eigenvalue weighted by molar-refractivity contribution is -0.151. The summed E-state index contributed by atoms with van der Waals surface area (Å²) in [7, 11) is 0. The zero-order valence-electron chi connectivity index (χ0n) is 10.9. The molecule has 2 heteroatoms. The number of esters is 1. The molecule has 2 nitrogen and oxygen atoms in total. The Morgan fingerprint density at radius 1 is 1.18 bits per heavy atom. The van der Waals surface area contributed by atoms with Gasteiger partial charge in [0.1, 0.15) is 6.10 Å². The van der Waals surface area contributed by atoms with Gasteiger partial charge in [-0.15, -0.1) is 0 Å². The highest BCUT2D eigenvalue weighted by Gasteiger charge is 2.36. The monoisotopic (exact) mass is 236 g/mol. The van der Waals surface area contributed by atoms with Crippen molar-refractivity contribution in [1.82, 2.24) is 0 Å². The van der Waals surface area contributed by atoms with Crippen molar-refractivity contribution in [2.75, 3.05) is 0 Å². The molecule has 0 amide bonds. The summed E-state index contributed by atoms with van der Waals surface area (Å²) >= 11 is 0. The molecule has 96 valence electrons. The van der Waals surface area contributed by atoms with E-state index >= 15 is 0 Å². The van der Waals surface area contributed by atoms with E-state index in [9.17, 15) is 4.79 Å². The molecular weight excluding hydrogens is 212 g/mol. The molecule has 0 aliphatic heterocycles. The summed E-state index contributed by atoms with van der Waals surface area (Å²) in [5.41, 5.74) is 0.614. The van der Waals surface area contributed by atoms with Gasteiger partial charge in [0.2, 0.25) is 0 Å². The fourth-order valence-corrected chi connectivity index (χ4v) is 3.39. The van der Waals surface area contributed by atoms with Crippen LogP contribution in [0.3, 0.4) is 0 Å². The Labute approximate surface area is 104 Å². The second-order valence-corrected chi connectivity index (χ2v) is 5.54. The highest BCUT2D eigenvalue weighted by Crippen LogP contribution is 2.41. The van der Waals surface area contributed by atoms with Crippen LogP contribution in [0.15, 0.2) is 12.2 Å². The Morgan fingerprint density at radius 2 is 1.88 bits per heavy atom. The van der Waals surface area contributed by atoms with Crippen LogP contribution in [0.5, 0.6) is 0 Å². The van der Waals surface area contributed by atoms with E-state index in [4.69, 9.17) is 4.74 Å². The van der Waals surface area contributed by atoms with Gasteiger partial charge < -0.3 is 4.74 Å². The van der Waals surface area contributed by atoms with Gasteiger partial charge in [-0.3, -0.25) is 0 Å². The summed E-state index contributed by atoms with van der Waals surface area (Å²) in [6, 6.07) is 0. The summed E-state index contributed by atoms with van der Waals surface area (Å²) in [6.45, 7) is 5.72. The fourth-order valence-electron chi connectivity index (χ4n) is 3.39. The van der Waals surface area contributed by atoms with Gasteiger partial charge in [0.25, 0.3) is 0 Å². The minimum absolute atomic E-state index is 0.163. The zero-order chi connectivity index (χ0) is 12.3. The molecule has 2 fully saturated rings. The van der Waals surface area contributed by atoms with Crippen LogP contribution in [-0.4, -0.2) is 12.1 Å². The van der Waals surface area contributed by atoms with Gasteiger partial charge in [-0.2, -0.15) is 0 Å². The lowest BCUT2D eigenvalue weighted by Crippen LogP contribution is -2.37. The quantitative estimate of drug-likeness (QED) is 0.549. The van der Waals surface area contributed by atoms with Crippen LogP contribution in [0.2, 0.25) is 0 Å². The molecule has 0 aromatic heterocycles. The van der Waals surface area contributed by atoms with Gasteiger partial charge >= 0.3 is 5.97 Å². The van der Waals surface area contributed by atoms with Crippen molar-refractivity contribution in [1.29, 1.82) is 0 Å². The van der Waals surface area contributed by atoms with Crippen molar-refractivity contribution in [3.8, 4) is 0 Å². The third-order valence-electron chi connectivity index (χ3n) is 4.48. The standard InChI is InChI=1S/C15H24O2/c1-3-11(2)15(16)17-14-10-6-8-12-7-4-5-9-13(12)14/h12-14H,2-10H2,1H3. The smallest absolute Gasteiger partial charge is 0.333 e. The highest BCUT2D eigenvalue weighted by atomic mass is 16.5. The number of rotatable bonds is 3. The van der Waals surface area contributed by atoms with Crippen molar-refractivity contribution >= 4 is 5.97 Å². The van der Waals surface area contributed by atoms with Crippen LogP contribution in [0.1, 0.15) is 58.3 Å². The first-order valence-corrected chi connectivity index (χ1v) is 7.11. The van der Waals surface area contributed by atoms with E-state index in [0.29, 0.717) is 17.9 Å². The van der Waals surface area contributed by atoms with Gasteiger partial charge in [-0.05, 0) is 43.9 Å². The Balaban J connectivity index is 1.94. The van der Waals surface area contributed by atoms with Crippen LogP contribution >= 0.6 is 0 Å². The number of carbonyl (C=O) groups is 1. The van der Waals surface area contributed by atoms with E-state index in [1.165, 1.54) is 38.5 Å². The SMILES string of the molecule is C=C(CC)C(=O)OC1CCCC2CCCCC21. The average molecular weight is 236 g/mol. The normalized spacial score (nSPS) is 32.6. The second-order valence-electron chi connectivity index (χ2n) is 5.54. The molecule has 2 aliphatic carbocycles. The summed E-state index contributed by atoms with van der Waals surface area (Å²) in [4.78, 5) is 11.8. The first-order chi connectivity index (χ1) is 8.22. The molecular formula is C15H24O2. The molecule has 2 aliphatic rings. The van der Waals surface area contributed by atoms with Crippen LogP contribution in [-0.2, 0) is 9.53 Å². The Bertz CT molecular complexity index is 293. The molecule has 0 radical (unpaired) electrons. The van der Waals surface area contributed by atoms with Crippen LogP contribution in [0.25, 0.3) is 0 Å². The summed E-state index contributed by atoms with van der Waals surface area (Å²) in [5.74, 6) is 1.28. The van der Waals surface area contributed by atoms with E-state index in [1.54, 1.807) is 0 Å². The first kappa shape index (κ1) is 12.7. The Hall–Kier alpha value is -0.790. The maximum absolute atomic E-state index is 11.8. The number of hydrogen-bond acceptors (Lipinski definition) is 2. The number of hydrogen-bond donors (Lipinski definition) is 0. The molecule has 0 heterocycles. The lowest BCUT2D eigenvalue weighted by Gasteiger charge is -2.40. The molecule has 17 heavy (non-hydrogen) atoms. The van der Waals surface area contributed by atoms with Gasteiger partial charge in [-0.1, -0.05) is 32.8 Å². The number of fused-ring (bicyclic) bond motifs is 1. The van der Waals surface area contributed by atoms with Crippen molar-refractivity contribution in [3.63, 3.8) is 0 Å². The summed E-state index contributed by atoms with van der Waals surface area (Å²) < 4.78 is 5.68. The molecule has 3 atom stereocenters. The Kier molecular flexibility index (Phi) is 4.25. The molecule has 0 saturated heterocycles. The molecule has 3 unspecified atom stereocenters. The molecule has 0 aromatic rings. The van der Waals surface area contributed by atoms with E-state index in [1.807, 2.05) is 6.92 Å². The van der Waals surface area contributed by atoms with E-state index in [0.717, 1.165) is 12.3 Å². The summed E-state index contributed by atoms with van der Waals surface area (Å²) in [6.07, 6.45) is 9.75. The Morgan fingerprint density at radius 3 is 2.65 bits per heavy atom. The maximum Gasteiger partial charge on any atom is 0.333 e. The van der Waals surface area contributed by atoms with Crippen LogP contribution in [0, 0.1) is 11.8 Å². The molecule has 2 saturated carbocycles. The zero-order valence-corrected chi connectivity index (χ0v) is 10.9. The summed E-state index contributed by atoms with van der Waals surface area (Å²) in [5, 5.41) is 0. The third-order valence-corrected chi connectivity index (χ3v) is 4.48. The maximum atomic E-state index is 11.8. The van der Waals surface area contributed by atoms with Crippen molar-refractivity contribution in [3.05, 3.63) is 12.2 Å². The average Bonchev–Trinajstić information content (AvgIpc) is 2.38. The van der Waals surface area contributed by atoms with Crippen LogP contribution in [0.4, 0.5) is 0 Å². The van der Waals surface area contributed by atoms with E-state index < -0.39 is 0 Å². The predicted octanol–water partition coefficient (Wildman–Crippen LogP) is 3.85. The minimum Gasteiger partial charge on any atom is -0.459 e. The second kappa shape index (κ2) is 5.70. The lowest BCUT2D eigenvalue weighted by atomic mass is 9.69. The van der Waals surface area contributed by atoms with Crippen molar-refractivity contribution in [2.45, 2.75) is 64.4 Å². The van der Waals surface area contributed by atoms with Crippen LogP contribution < -0.4 is 0 Å². The molecule has 0 bridgehead atoms. The van der Waals surface area contributed by atoms with Gasteiger partial charge in [0.05, 0.1) is 0 Å². The fraction of sp³-hybridized carbons (Fsp3) is 0.800. The van der Waals surface area contributed by atoms with E-state index in [-0.39, 0.29) is 12.1 Å². The largest absolute Gasteiger partial charge is 0.459 e. The van der Waals surface area contributed by atoms with Gasteiger partial charge in [0, 0.05) is 5.57 Å². The van der Waals surface area contributed by atoms with Gasteiger partial charge in [-0.25, -0.2) is 4.79 Å². The molecule has 0 spiro atoms. The first-order valence-electron chi connectivity index (χ1n) is 7.11. The topological polar surface area (TPSA) is 26.3 Å². The molecule has 0 N–H and O–H groups in total. The highest BCUT2D eigenvalue weighted by molar-refractivity contribution is 5.87.